The second-order valence-electron chi connectivity index (χ2n) is 11.9. The predicted octanol–water partition coefficient (Wildman–Crippen LogP) is 7.52. The number of nitrogens with zero attached hydrogens (tertiary/aromatic N) is 6. The minimum Gasteiger partial charge on any atom is -0.324 e. The molecule has 2 amide bonds. The number of benzene rings is 4. The average molecular weight is 705 g/mol. The zero-order chi connectivity index (χ0) is 34.2. The molecule has 250 valence electrons. The fourth-order valence-electron chi connectivity index (χ4n) is 6.35. The van der Waals surface area contributed by atoms with Gasteiger partial charge in [0, 0.05) is 47.7 Å². The van der Waals surface area contributed by atoms with Crippen LogP contribution in [0.4, 0.5) is 8.78 Å². The second kappa shape index (κ2) is 13.6. The van der Waals surface area contributed by atoms with Crippen molar-refractivity contribution in [2.24, 2.45) is 0 Å². The van der Waals surface area contributed by atoms with E-state index in [1.807, 2.05) is 82.9 Å². The molecule has 2 saturated heterocycles. The van der Waals surface area contributed by atoms with Crippen molar-refractivity contribution in [1.82, 2.24) is 29.4 Å². The zero-order valence-corrected chi connectivity index (χ0v) is 28.2. The molecule has 0 bridgehead atoms. The maximum absolute atomic E-state index is 13.9. The lowest BCUT2D eigenvalue weighted by Gasteiger charge is -2.29. The van der Waals surface area contributed by atoms with E-state index in [0.29, 0.717) is 24.5 Å². The molecule has 0 radical (unpaired) electrons. The molecule has 0 spiro atoms. The quantitative estimate of drug-likeness (QED) is 0.155. The smallest absolute Gasteiger partial charge is 0.233 e. The Kier molecular flexibility index (Phi) is 8.71. The van der Waals surface area contributed by atoms with Gasteiger partial charge in [0.1, 0.15) is 22.4 Å². The van der Waals surface area contributed by atoms with E-state index in [2.05, 4.69) is 0 Å². The molecule has 8 rings (SSSR count). The molecule has 6 aromatic rings. The third-order valence-electron chi connectivity index (χ3n) is 8.81. The summed E-state index contributed by atoms with van der Waals surface area (Å²) in [6.45, 7) is 0.606. The lowest BCUT2D eigenvalue weighted by Crippen LogP contribution is -2.39. The molecule has 8 nitrogen and oxygen atoms in total. The lowest BCUT2D eigenvalue weighted by atomic mass is 10.1. The van der Waals surface area contributed by atoms with Gasteiger partial charge in [0.15, 0.2) is 0 Å². The first-order valence-electron chi connectivity index (χ1n) is 16.1. The van der Waals surface area contributed by atoms with E-state index in [1.165, 1.54) is 47.8 Å². The first-order chi connectivity index (χ1) is 24.4. The zero-order valence-electron chi connectivity index (χ0n) is 26.6. The fraction of sp³-hybridized carbons (Fsp3) is 0.158. The molecular weight excluding hydrogens is 675 g/mol. The summed E-state index contributed by atoms with van der Waals surface area (Å²) in [6, 6.07) is 31.8. The minimum absolute atomic E-state index is 0.0303. The van der Waals surface area contributed by atoms with E-state index in [1.54, 1.807) is 33.6 Å². The number of halogens is 2. The Bertz CT molecular complexity index is 2000. The summed E-state index contributed by atoms with van der Waals surface area (Å²) in [4.78, 5) is 30.6. The van der Waals surface area contributed by atoms with Crippen molar-refractivity contribution in [3.63, 3.8) is 0 Å². The monoisotopic (exact) mass is 704 g/mol. The largest absolute Gasteiger partial charge is 0.324 e. The standard InChI is InChI=1S/C38H30F2N6O2S2/c39-27-15-11-25(12-16-27)35-31(21-45(41-35)29-7-3-1-4-8-29)37-43(33(47)23-49-37)19-20-44-34(48)24-50-38(44)32-22-46(30-9-5-2-6-10-30)42-36(32)26-13-17-28(40)18-14-26/h1-18,21-22,37-38H,19-20,23-24H2/t37-,38-/m1/s1. The van der Waals surface area contributed by atoms with Crippen LogP contribution < -0.4 is 0 Å². The number of aromatic nitrogens is 4. The average Bonchev–Trinajstić information content (AvgIpc) is 3.94. The molecule has 12 heteroatoms. The van der Waals surface area contributed by atoms with Crippen molar-refractivity contribution in [2.45, 2.75) is 10.7 Å². The predicted molar refractivity (Wildman–Crippen MR) is 192 cm³/mol. The molecule has 2 aromatic heterocycles. The number of carbonyl (C=O) groups excluding carboxylic acids is 2. The van der Waals surface area contributed by atoms with Crippen molar-refractivity contribution in [2.75, 3.05) is 24.6 Å². The van der Waals surface area contributed by atoms with Gasteiger partial charge in [-0.2, -0.15) is 10.2 Å². The number of hydrogen-bond donors (Lipinski definition) is 0. The Morgan fingerprint density at radius 3 is 1.32 bits per heavy atom. The normalized spacial score (nSPS) is 17.6. The van der Waals surface area contributed by atoms with Crippen molar-refractivity contribution in [1.29, 1.82) is 0 Å². The van der Waals surface area contributed by atoms with E-state index in [9.17, 15) is 18.4 Å². The van der Waals surface area contributed by atoms with Crippen molar-refractivity contribution in [3.8, 4) is 33.9 Å². The molecule has 2 fully saturated rings. The molecule has 0 unspecified atom stereocenters. The molecular formula is C38H30F2N6O2S2. The van der Waals surface area contributed by atoms with Gasteiger partial charge in [-0.3, -0.25) is 9.59 Å². The summed E-state index contributed by atoms with van der Waals surface area (Å²) < 4.78 is 31.4. The highest BCUT2D eigenvalue weighted by Gasteiger charge is 2.39. The summed E-state index contributed by atoms with van der Waals surface area (Å²) in [5, 5.41) is 9.08. The Hall–Kier alpha value is -5.20. The Morgan fingerprint density at radius 1 is 0.560 bits per heavy atom. The third kappa shape index (κ3) is 6.20. The molecule has 0 aliphatic carbocycles. The highest BCUT2D eigenvalue weighted by atomic mass is 32.2. The van der Waals surface area contributed by atoms with Crippen LogP contribution in [0, 0.1) is 11.6 Å². The maximum Gasteiger partial charge on any atom is 0.233 e. The Morgan fingerprint density at radius 2 is 0.940 bits per heavy atom. The number of para-hydroxylation sites is 2. The van der Waals surface area contributed by atoms with E-state index >= 15 is 0 Å². The van der Waals surface area contributed by atoms with Gasteiger partial charge in [-0.05, 0) is 72.8 Å². The summed E-state index contributed by atoms with van der Waals surface area (Å²) >= 11 is 3.02. The second-order valence-corrected chi connectivity index (χ2v) is 14.1. The van der Waals surface area contributed by atoms with Crippen LogP contribution in [0.1, 0.15) is 21.9 Å². The van der Waals surface area contributed by atoms with E-state index in [4.69, 9.17) is 10.2 Å². The first-order valence-corrected chi connectivity index (χ1v) is 18.2. The highest BCUT2D eigenvalue weighted by Crippen LogP contribution is 2.45. The first kappa shape index (κ1) is 32.0. The Labute approximate surface area is 295 Å². The number of hydrogen-bond acceptors (Lipinski definition) is 6. The Balaban J connectivity index is 1.11. The molecule has 50 heavy (non-hydrogen) atoms. The highest BCUT2D eigenvalue weighted by molar-refractivity contribution is 8.00. The summed E-state index contributed by atoms with van der Waals surface area (Å²) in [6.07, 6.45) is 3.87. The van der Waals surface area contributed by atoms with Crippen LogP contribution in [-0.4, -0.2) is 65.8 Å². The van der Waals surface area contributed by atoms with Gasteiger partial charge in [-0.15, -0.1) is 23.5 Å². The third-order valence-corrected chi connectivity index (χ3v) is 11.3. The van der Waals surface area contributed by atoms with Gasteiger partial charge in [0.25, 0.3) is 0 Å². The molecule has 2 aliphatic heterocycles. The summed E-state index contributed by atoms with van der Waals surface area (Å²) in [5.41, 5.74) is 6.19. The minimum atomic E-state index is -0.362. The van der Waals surface area contributed by atoms with Crippen LogP contribution in [-0.2, 0) is 9.59 Å². The lowest BCUT2D eigenvalue weighted by molar-refractivity contribution is -0.132. The number of thioether (sulfide) groups is 2. The molecule has 0 N–H and O–H groups in total. The number of rotatable bonds is 9. The summed E-state index contributed by atoms with van der Waals surface area (Å²) in [7, 11) is 0. The van der Waals surface area contributed by atoms with Gasteiger partial charge < -0.3 is 9.80 Å². The van der Waals surface area contributed by atoms with E-state index in [0.717, 1.165) is 33.6 Å². The van der Waals surface area contributed by atoms with Gasteiger partial charge in [-0.1, -0.05) is 36.4 Å². The van der Waals surface area contributed by atoms with Gasteiger partial charge in [0.2, 0.25) is 11.8 Å². The summed E-state index contributed by atoms with van der Waals surface area (Å²) in [5.74, 6) is -0.174. The van der Waals surface area contributed by atoms with Gasteiger partial charge in [-0.25, -0.2) is 18.1 Å². The molecule has 0 saturated carbocycles. The van der Waals surface area contributed by atoms with Crippen LogP contribution in [0.2, 0.25) is 0 Å². The van der Waals surface area contributed by atoms with Gasteiger partial charge >= 0.3 is 0 Å². The molecule has 2 aliphatic rings. The van der Waals surface area contributed by atoms with Crippen LogP contribution in [0.3, 0.4) is 0 Å². The molecule has 4 heterocycles. The van der Waals surface area contributed by atoms with Crippen molar-refractivity contribution in [3.05, 3.63) is 144 Å². The maximum atomic E-state index is 13.9. The topological polar surface area (TPSA) is 76.3 Å². The van der Waals surface area contributed by atoms with Crippen LogP contribution >= 0.6 is 23.5 Å². The van der Waals surface area contributed by atoms with E-state index in [-0.39, 0.29) is 45.7 Å². The van der Waals surface area contributed by atoms with Crippen LogP contribution in [0.25, 0.3) is 33.9 Å². The van der Waals surface area contributed by atoms with Crippen molar-refractivity contribution < 1.29 is 18.4 Å². The molecule has 2 atom stereocenters. The van der Waals surface area contributed by atoms with Gasteiger partial charge in [0.05, 0.1) is 34.3 Å². The fourth-order valence-corrected chi connectivity index (χ4v) is 8.79. The number of carbonyl (C=O) groups is 2. The van der Waals surface area contributed by atoms with Crippen LogP contribution in [0.5, 0.6) is 0 Å². The van der Waals surface area contributed by atoms with E-state index < -0.39 is 0 Å². The van der Waals surface area contributed by atoms with Crippen LogP contribution in [0.15, 0.2) is 122 Å². The number of amides is 2. The SMILES string of the molecule is O=C1CS[C@H](c2cn(-c3ccccc3)nc2-c2ccc(F)cc2)N1CCN1C(=O)CS[C@@H]1c1cn(-c2ccccc2)nc1-c1ccc(F)cc1. The van der Waals surface area contributed by atoms with Crippen molar-refractivity contribution >= 4 is 35.3 Å². The molecule has 4 aromatic carbocycles.